The van der Waals surface area contributed by atoms with Crippen molar-refractivity contribution in [3.8, 4) is 11.1 Å². The van der Waals surface area contributed by atoms with Gasteiger partial charge >= 0.3 is 0 Å². The third-order valence-corrected chi connectivity index (χ3v) is 8.12. The Balaban J connectivity index is 1.77. The molecule has 0 heterocycles. The molecule has 1 nitrogen and oxygen atoms in total. The minimum absolute atomic E-state index is 0.102. The molecule has 3 aromatic carbocycles. The summed E-state index contributed by atoms with van der Waals surface area (Å²) < 4.78 is 0. The number of fused-ring (bicyclic) bond motifs is 5. The van der Waals surface area contributed by atoms with Crippen LogP contribution in [0.2, 0.25) is 0 Å². The Labute approximate surface area is 194 Å². The van der Waals surface area contributed by atoms with Crippen molar-refractivity contribution in [3.63, 3.8) is 0 Å². The minimum atomic E-state index is 0.102. The topological polar surface area (TPSA) is 3.24 Å². The first-order chi connectivity index (χ1) is 15.3. The molecule has 1 unspecified atom stereocenters. The van der Waals surface area contributed by atoms with Crippen molar-refractivity contribution in [3.05, 3.63) is 94.0 Å². The van der Waals surface area contributed by atoms with E-state index in [1.54, 1.807) is 16.7 Å². The van der Waals surface area contributed by atoms with E-state index in [9.17, 15) is 0 Å². The summed E-state index contributed by atoms with van der Waals surface area (Å²) in [7, 11) is 4.42. The van der Waals surface area contributed by atoms with Gasteiger partial charge in [-0.15, -0.1) is 0 Å². The second kappa shape index (κ2) is 7.89. The summed E-state index contributed by atoms with van der Waals surface area (Å²) in [5.74, 6) is 0. The zero-order valence-electron chi connectivity index (χ0n) is 20.5. The fourth-order valence-corrected chi connectivity index (χ4v) is 6.76. The molecule has 3 aromatic rings. The van der Waals surface area contributed by atoms with Crippen LogP contribution in [0.5, 0.6) is 0 Å². The average Bonchev–Trinajstić information content (AvgIpc) is 2.77. The number of hydrogen-bond donors (Lipinski definition) is 0. The molecule has 2 aliphatic carbocycles. The Hall–Kier alpha value is -2.38. The van der Waals surface area contributed by atoms with E-state index in [2.05, 4.69) is 100 Å². The zero-order chi connectivity index (χ0) is 22.5. The summed E-state index contributed by atoms with van der Waals surface area (Å²) in [6.07, 6.45) is 6.02. The molecule has 0 aliphatic heterocycles. The Morgan fingerprint density at radius 3 is 2.38 bits per heavy atom. The van der Waals surface area contributed by atoms with Gasteiger partial charge in [-0.2, -0.15) is 0 Å². The summed E-state index contributed by atoms with van der Waals surface area (Å²) in [6, 6.07) is 23.2. The summed E-state index contributed by atoms with van der Waals surface area (Å²) >= 11 is 0. The third-order valence-electron chi connectivity index (χ3n) is 8.12. The standard InChI is InChI=1S/C31H37N/c1-22-11-6-9-15-27(22)31(19-20-32(4)5)18-10-14-26-28(31)17-16-25-24-13-8-7-12-23(24)21-30(2,3)29(25)26/h6-9,11-13,15-17H,10,14,18-21H2,1-5H3. The van der Waals surface area contributed by atoms with Gasteiger partial charge in [0.1, 0.15) is 0 Å². The van der Waals surface area contributed by atoms with Crippen molar-refractivity contribution in [2.24, 2.45) is 0 Å². The fraction of sp³-hybridized carbons (Fsp3) is 0.419. The van der Waals surface area contributed by atoms with E-state index in [1.165, 1.54) is 53.5 Å². The van der Waals surface area contributed by atoms with Gasteiger partial charge in [0.15, 0.2) is 0 Å². The van der Waals surface area contributed by atoms with Crippen LogP contribution in [0.1, 0.15) is 66.5 Å². The lowest BCUT2D eigenvalue weighted by Crippen LogP contribution is -2.38. The monoisotopic (exact) mass is 423 g/mol. The van der Waals surface area contributed by atoms with E-state index in [1.807, 2.05) is 0 Å². The molecular weight excluding hydrogens is 386 g/mol. The molecular formula is C31H37N. The van der Waals surface area contributed by atoms with Crippen LogP contribution in [0.3, 0.4) is 0 Å². The predicted octanol–water partition coefficient (Wildman–Crippen LogP) is 7.07. The van der Waals surface area contributed by atoms with Crippen molar-refractivity contribution in [1.29, 1.82) is 0 Å². The summed E-state index contributed by atoms with van der Waals surface area (Å²) in [5.41, 5.74) is 12.5. The first kappa shape index (κ1) is 21.5. The molecule has 0 bridgehead atoms. The quantitative estimate of drug-likeness (QED) is 0.434. The summed E-state index contributed by atoms with van der Waals surface area (Å²) in [5, 5.41) is 0. The second-order valence-corrected chi connectivity index (χ2v) is 11.0. The van der Waals surface area contributed by atoms with Crippen LogP contribution in [-0.2, 0) is 23.7 Å². The van der Waals surface area contributed by atoms with Crippen LogP contribution in [0.4, 0.5) is 0 Å². The fourth-order valence-electron chi connectivity index (χ4n) is 6.76. The zero-order valence-corrected chi connectivity index (χ0v) is 20.5. The number of hydrogen-bond acceptors (Lipinski definition) is 1. The summed E-state index contributed by atoms with van der Waals surface area (Å²) in [6.45, 7) is 8.34. The van der Waals surface area contributed by atoms with Gasteiger partial charge in [0, 0.05) is 5.41 Å². The van der Waals surface area contributed by atoms with E-state index < -0.39 is 0 Å². The van der Waals surface area contributed by atoms with Crippen molar-refractivity contribution >= 4 is 0 Å². The molecule has 166 valence electrons. The molecule has 0 amide bonds. The van der Waals surface area contributed by atoms with E-state index in [-0.39, 0.29) is 10.8 Å². The van der Waals surface area contributed by atoms with Gasteiger partial charge in [0.05, 0.1) is 0 Å². The van der Waals surface area contributed by atoms with Crippen molar-refractivity contribution < 1.29 is 0 Å². The molecule has 5 rings (SSSR count). The van der Waals surface area contributed by atoms with E-state index >= 15 is 0 Å². The Bertz CT molecular complexity index is 1150. The molecule has 0 radical (unpaired) electrons. The third kappa shape index (κ3) is 3.33. The van der Waals surface area contributed by atoms with Gasteiger partial charge in [-0.3, -0.25) is 0 Å². The van der Waals surface area contributed by atoms with Gasteiger partial charge in [0.2, 0.25) is 0 Å². The molecule has 1 heteroatoms. The normalized spacial score (nSPS) is 21.1. The predicted molar refractivity (Wildman–Crippen MR) is 137 cm³/mol. The average molecular weight is 424 g/mol. The molecule has 32 heavy (non-hydrogen) atoms. The maximum absolute atomic E-state index is 2.51. The highest BCUT2D eigenvalue weighted by Gasteiger charge is 2.43. The molecule has 0 aromatic heterocycles. The lowest BCUT2D eigenvalue weighted by Gasteiger charge is -2.45. The summed E-state index contributed by atoms with van der Waals surface area (Å²) in [4.78, 5) is 2.35. The van der Waals surface area contributed by atoms with Crippen LogP contribution < -0.4 is 0 Å². The van der Waals surface area contributed by atoms with Crippen LogP contribution in [-0.4, -0.2) is 25.5 Å². The largest absolute Gasteiger partial charge is 0.309 e. The van der Waals surface area contributed by atoms with Crippen LogP contribution >= 0.6 is 0 Å². The minimum Gasteiger partial charge on any atom is -0.309 e. The first-order valence-electron chi connectivity index (χ1n) is 12.3. The molecule has 0 saturated heterocycles. The van der Waals surface area contributed by atoms with Gasteiger partial charge in [-0.05, 0) is 110 Å². The Morgan fingerprint density at radius 2 is 1.59 bits per heavy atom. The van der Waals surface area contributed by atoms with Crippen molar-refractivity contribution in [1.82, 2.24) is 4.90 Å². The second-order valence-electron chi connectivity index (χ2n) is 11.0. The van der Waals surface area contributed by atoms with Crippen molar-refractivity contribution in [2.75, 3.05) is 20.6 Å². The molecule has 0 saturated carbocycles. The van der Waals surface area contributed by atoms with Gasteiger partial charge in [-0.25, -0.2) is 0 Å². The van der Waals surface area contributed by atoms with Gasteiger partial charge in [-0.1, -0.05) is 74.5 Å². The van der Waals surface area contributed by atoms with Crippen LogP contribution in [0.25, 0.3) is 11.1 Å². The molecule has 2 aliphatic rings. The highest BCUT2D eigenvalue weighted by atomic mass is 15.0. The van der Waals surface area contributed by atoms with Crippen LogP contribution in [0.15, 0.2) is 60.7 Å². The lowest BCUT2D eigenvalue weighted by atomic mass is 9.59. The SMILES string of the molecule is Cc1ccccc1C1(CCN(C)C)CCCc2c1ccc1c2C(C)(C)Cc2ccccc2-1. The molecule has 0 N–H and O–H groups in total. The van der Waals surface area contributed by atoms with Gasteiger partial charge in [0.25, 0.3) is 0 Å². The number of benzene rings is 3. The van der Waals surface area contributed by atoms with Gasteiger partial charge < -0.3 is 4.90 Å². The van der Waals surface area contributed by atoms with Crippen molar-refractivity contribution in [2.45, 2.75) is 63.7 Å². The highest BCUT2D eigenvalue weighted by molar-refractivity contribution is 5.78. The molecule has 1 atom stereocenters. The van der Waals surface area contributed by atoms with E-state index in [0.29, 0.717) is 0 Å². The molecule has 0 fully saturated rings. The smallest absolute Gasteiger partial charge is 0.0220 e. The Morgan fingerprint density at radius 1 is 0.844 bits per heavy atom. The lowest BCUT2D eigenvalue weighted by molar-refractivity contribution is 0.316. The number of nitrogens with zero attached hydrogens (tertiary/aromatic N) is 1. The number of aryl methyl sites for hydroxylation is 1. The van der Waals surface area contributed by atoms with E-state index in [4.69, 9.17) is 0 Å². The van der Waals surface area contributed by atoms with Crippen LogP contribution in [0, 0.1) is 6.92 Å². The highest BCUT2D eigenvalue weighted by Crippen LogP contribution is 2.52. The maximum Gasteiger partial charge on any atom is 0.0220 e. The van der Waals surface area contributed by atoms with E-state index in [0.717, 1.165) is 13.0 Å². The number of rotatable bonds is 4. The Kier molecular flexibility index (Phi) is 5.29. The molecule has 0 spiro atoms. The maximum atomic E-state index is 2.51. The first-order valence-corrected chi connectivity index (χ1v) is 12.3.